The molecule has 27 heavy (non-hydrogen) atoms. The van der Waals surface area contributed by atoms with E-state index in [0.29, 0.717) is 16.6 Å². The first-order valence-corrected chi connectivity index (χ1v) is 10.8. The maximum Gasteiger partial charge on any atom is 0.268 e. The molecule has 0 radical (unpaired) electrons. The minimum absolute atomic E-state index is 0.271. The number of aromatic nitrogens is 1. The minimum Gasteiger partial charge on any atom is -0.382 e. The fraction of sp³-hybridized carbons (Fsp3) is 0.300. The summed E-state index contributed by atoms with van der Waals surface area (Å²) in [4.78, 5) is 2.58. The largest absolute Gasteiger partial charge is 0.382 e. The first kappa shape index (κ1) is 18.3. The van der Waals surface area contributed by atoms with Gasteiger partial charge in [0.05, 0.1) is 10.4 Å². The molecule has 0 atom stereocenters. The highest BCUT2D eigenvalue weighted by Crippen LogP contribution is 2.26. The number of fused-ring (bicyclic) bond motifs is 1. The lowest BCUT2D eigenvalue weighted by atomic mass is 10.1. The predicted molar refractivity (Wildman–Crippen MR) is 110 cm³/mol. The van der Waals surface area contributed by atoms with Gasteiger partial charge in [0, 0.05) is 28.3 Å². The summed E-state index contributed by atoms with van der Waals surface area (Å²) in [7, 11) is -1.56. The summed E-state index contributed by atoms with van der Waals surface area (Å²) in [5.74, 6) is 0. The van der Waals surface area contributed by atoms with Gasteiger partial charge in [0.15, 0.2) is 0 Å². The smallest absolute Gasteiger partial charge is 0.268 e. The van der Waals surface area contributed by atoms with Crippen LogP contribution in [0.3, 0.4) is 0 Å². The van der Waals surface area contributed by atoms with Gasteiger partial charge in [-0.25, -0.2) is 12.4 Å². The van der Waals surface area contributed by atoms with Crippen LogP contribution in [0.1, 0.15) is 12.8 Å². The zero-order valence-electron chi connectivity index (χ0n) is 15.1. The monoisotopic (exact) mass is 403 g/mol. The van der Waals surface area contributed by atoms with Gasteiger partial charge in [-0.3, -0.25) is 0 Å². The van der Waals surface area contributed by atoms with Crippen LogP contribution in [0.25, 0.3) is 10.9 Å². The Morgan fingerprint density at radius 1 is 1.07 bits per heavy atom. The first-order chi connectivity index (χ1) is 12.9. The molecule has 3 aromatic rings. The topological polar surface area (TPSA) is 54.3 Å². The van der Waals surface area contributed by atoms with Crippen LogP contribution < -0.4 is 5.32 Å². The molecule has 4 rings (SSSR count). The second-order valence-corrected chi connectivity index (χ2v) is 9.32. The second kappa shape index (κ2) is 7.19. The minimum atomic E-state index is -3.68. The van der Waals surface area contributed by atoms with Crippen molar-refractivity contribution in [2.75, 3.05) is 25.5 Å². The van der Waals surface area contributed by atoms with E-state index in [9.17, 15) is 8.42 Å². The van der Waals surface area contributed by atoms with E-state index in [-0.39, 0.29) is 4.90 Å². The van der Waals surface area contributed by atoms with E-state index in [1.165, 1.54) is 3.97 Å². The van der Waals surface area contributed by atoms with Gasteiger partial charge in [-0.05, 0) is 75.4 Å². The highest BCUT2D eigenvalue weighted by atomic mass is 35.5. The molecular weight excluding hydrogens is 382 g/mol. The third-order valence-corrected chi connectivity index (χ3v) is 7.02. The molecule has 2 heterocycles. The van der Waals surface area contributed by atoms with Gasteiger partial charge in [-0.1, -0.05) is 17.7 Å². The van der Waals surface area contributed by atoms with Crippen LogP contribution in [0, 0.1) is 0 Å². The standard InChI is InChI=1S/C20H22ClN3O2S/c1-23-10-8-17(9-11-23)22-18-3-2-4-19(14-18)27(25,26)24-12-7-15-13-16(21)5-6-20(15)24/h2-7,12-14,17,22H,8-11H2,1H3. The van der Waals surface area contributed by atoms with Crippen LogP contribution in [-0.4, -0.2) is 43.5 Å². The number of hydrogen-bond acceptors (Lipinski definition) is 4. The van der Waals surface area contributed by atoms with Crippen molar-refractivity contribution in [1.29, 1.82) is 0 Å². The highest BCUT2D eigenvalue weighted by molar-refractivity contribution is 7.90. The maximum absolute atomic E-state index is 13.2. The number of piperidine rings is 1. The Morgan fingerprint density at radius 2 is 1.85 bits per heavy atom. The number of rotatable bonds is 4. The maximum atomic E-state index is 13.2. The van der Waals surface area contributed by atoms with E-state index in [0.717, 1.165) is 37.0 Å². The number of halogens is 1. The molecule has 1 N–H and O–H groups in total. The van der Waals surface area contributed by atoms with Crippen molar-refractivity contribution in [3.8, 4) is 0 Å². The molecule has 1 saturated heterocycles. The third kappa shape index (κ3) is 3.70. The molecule has 5 nitrogen and oxygen atoms in total. The van der Waals surface area contributed by atoms with Gasteiger partial charge in [0.25, 0.3) is 10.0 Å². The van der Waals surface area contributed by atoms with E-state index in [4.69, 9.17) is 11.6 Å². The molecule has 0 bridgehead atoms. The number of benzene rings is 2. The van der Waals surface area contributed by atoms with Crippen LogP contribution in [0.5, 0.6) is 0 Å². The van der Waals surface area contributed by atoms with E-state index >= 15 is 0 Å². The molecule has 1 fully saturated rings. The average molecular weight is 404 g/mol. The van der Waals surface area contributed by atoms with Crippen molar-refractivity contribution < 1.29 is 8.42 Å². The van der Waals surface area contributed by atoms with E-state index in [2.05, 4.69) is 17.3 Å². The summed E-state index contributed by atoms with van der Waals surface area (Å²) in [6.07, 6.45) is 3.68. The van der Waals surface area contributed by atoms with Crippen LogP contribution in [0.15, 0.2) is 59.6 Å². The Hall–Kier alpha value is -2.02. The molecule has 0 unspecified atom stereocenters. The molecule has 0 spiro atoms. The number of likely N-dealkylation sites (tertiary alicyclic amines) is 1. The van der Waals surface area contributed by atoms with Crippen LogP contribution in [0.4, 0.5) is 5.69 Å². The highest BCUT2D eigenvalue weighted by Gasteiger charge is 2.21. The number of hydrogen-bond donors (Lipinski definition) is 1. The van der Waals surface area contributed by atoms with E-state index < -0.39 is 10.0 Å². The Morgan fingerprint density at radius 3 is 2.63 bits per heavy atom. The molecule has 142 valence electrons. The Kier molecular flexibility index (Phi) is 4.88. The van der Waals surface area contributed by atoms with Gasteiger partial charge in [-0.15, -0.1) is 0 Å². The van der Waals surface area contributed by atoms with Crippen molar-refractivity contribution >= 4 is 38.2 Å². The number of nitrogens with zero attached hydrogens (tertiary/aromatic N) is 2. The molecule has 2 aromatic carbocycles. The van der Waals surface area contributed by atoms with Gasteiger partial charge in [0.1, 0.15) is 0 Å². The van der Waals surface area contributed by atoms with E-state index in [1.54, 1.807) is 48.7 Å². The lowest BCUT2D eigenvalue weighted by Gasteiger charge is -2.30. The van der Waals surface area contributed by atoms with Crippen LogP contribution in [0.2, 0.25) is 5.02 Å². The van der Waals surface area contributed by atoms with Gasteiger partial charge >= 0.3 is 0 Å². The van der Waals surface area contributed by atoms with Crippen molar-refractivity contribution in [3.63, 3.8) is 0 Å². The Bertz CT molecular complexity index is 1070. The molecule has 1 aliphatic rings. The summed E-state index contributed by atoms with van der Waals surface area (Å²) >= 11 is 6.01. The quantitative estimate of drug-likeness (QED) is 0.714. The van der Waals surface area contributed by atoms with Gasteiger partial charge < -0.3 is 10.2 Å². The third-order valence-electron chi connectivity index (χ3n) is 5.10. The lowest BCUT2D eigenvalue weighted by Crippen LogP contribution is -2.36. The van der Waals surface area contributed by atoms with Crippen LogP contribution in [-0.2, 0) is 10.0 Å². The molecular formula is C20H22ClN3O2S. The molecule has 1 aliphatic heterocycles. The summed E-state index contributed by atoms with van der Waals surface area (Å²) in [5, 5.41) is 4.87. The van der Waals surface area contributed by atoms with E-state index in [1.807, 2.05) is 6.07 Å². The average Bonchev–Trinajstić information content (AvgIpc) is 3.07. The summed E-state index contributed by atoms with van der Waals surface area (Å²) < 4.78 is 27.7. The van der Waals surface area contributed by atoms with Gasteiger partial charge in [0.2, 0.25) is 0 Å². The summed E-state index contributed by atoms with van der Waals surface area (Å²) in [6.45, 7) is 2.10. The predicted octanol–water partition coefficient (Wildman–Crippen LogP) is 4.04. The number of anilines is 1. The zero-order valence-corrected chi connectivity index (χ0v) is 16.7. The molecule has 0 saturated carbocycles. The summed E-state index contributed by atoms with van der Waals surface area (Å²) in [5.41, 5.74) is 1.46. The molecule has 0 aliphatic carbocycles. The molecule has 7 heteroatoms. The fourth-order valence-corrected chi connectivity index (χ4v) is 5.13. The van der Waals surface area contributed by atoms with Crippen molar-refractivity contribution in [3.05, 3.63) is 59.8 Å². The summed E-state index contributed by atoms with van der Waals surface area (Å²) in [6, 6.07) is 14.4. The molecule has 1 aromatic heterocycles. The zero-order chi connectivity index (χ0) is 19.0. The molecule has 0 amide bonds. The second-order valence-electron chi connectivity index (χ2n) is 7.07. The Balaban J connectivity index is 1.64. The van der Waals surface area contributed by atoms with Gasteiger partial charge in [-0.2, -0.15) is 0 Å². The van der Waals surface area contributed by atoms with Crippen LogP contribution >= 0.6 is 11.6 Å². The SMILES string of the molecule is CN1CCC(Nc2cccc(S(=O)(=O)n3ccc4cc(Cl)ccc43)c2)CC1. The van der Waals surface area contributed by atoms with Crippen molar-refractivity contribution in [2.24, 2.45) is 0 Å². The first-order valence-electron chi connectivity index (χ1n) is 9.01. The Labute approximate surface area is 164 Å². The number of nitrogens with one attached hydrogen (secondary N) is 1. The fourth-order valence-electron chi connectivity index (χ4n) is 3.55. The van der Waals surface area contributed by atoms with Crippen molar-refractivity contribution in [2.45, 2.75) is 23.8 Å². The van der Waals surface area contributed by atoms with Crippen molar-refractivity contribution in [1.82, 2.24) is 8.87 Å². The normalized spacial score (nSPS) is 16.7. The lowest BCUT2D eigenvalue weighted by molar-refractivity contribution is 0.264.